The summed E-state index contributed by atoms with van der Waals surface area (Å²) >= 11 is 7.01. The molecule has 0 spiro atoms. The molecular weight excluding hydrogens is 730 g/mol. The number of aliphatic carboxylic acids is 1. The summed E-state index contributed by atoms with van der Waals surface area (Å²) in [6.45, 7) is 13.4. The Labute approximate surface area is 303 Å². The summed E-state index contributed by atoms with van der Waals surface area (Å²) in [5, 5.41) is 16.4. The molecule has 0 aliphatic carbocycles. The molecule has 0 saturated heterocycles. The molecule has 2 aliphatic heterocycles. The van der Waals surface area contributed by atoms with E-state index >= 15 is 0 Å². The van der Waals surface area contributed by atoms with E-state index in [2.05, 4.69) is 60.0 Å². The quantitative estimate of drug-likeness (QED) is 0.136. The molecular formula is C30H41ClFN10O7PS. The number of hydrogen-bond donors (Lipinski definition) is 6. The van der Waals surface area contributed by atoms with Gasteiger partial charge in [-0.15, -0.1) is 6.42 Å². The number of carbonyl (C=O) groups is 2. The second kappa shape index (κ2) is 17.4. The Morgan fingerprint density at radius 3 is 2.55 bits per heavy atom. The van der Waals surface area contributed by atoms with Gasteiger partial charge < -0.3 is 34.8 Å². The van der Waals surface area contributed by atoms with Gasteiger partial charge in [0.1, 0.15) is 17.3 Å². The first-order valence-corrected chi connectivity index (χ1v) is 18.4. The van der Waals surface area contributed by atoms with Crippen molar-refractivity contribution in [3.8, 4) is 18.1 Å². The average molecular weight is 771 g/mol. The van der Waals surface area contributed by atoms with E-state index in [9.17, 15) is 18.5 Å². The Hall–Kier alpha value is -4.18. The number of anilines is 3. The minimum absolute atomic E-state index is 0.0964. The van der Waals surface area contributed by atoms with E-state index in [4.69, 9.17) is 37.7 Å². The summed E-state index contributed by atoms with van der Waals surface area (Å²) < 4.78 is 36.4. The first kappa shape index (κ1) is 41.2. The molecule has 0 radical (unpaired) electrons. The largest absolute Gasteiger partial charge is 0.481 e. The second-order valence-corrected chi connectivity index (χ2v) is 15.7. The Morgan fingerprint density at radius 2 is 1.94 bits per heavy atom. The number of carboxylic acid groups (broad SMARTS) is 1. The van der Waals surface area contributed by atoms with Gasteiger partial charge in [0.2, 0.25) is 22.0 Å². The Bertz CT molecular complexity index is 1890. The highest BCUT2D eigenvalue weighted by Crippen LogP contribution is 2.37. The van der Waals surface area contributed by atoms with Crippen LogP contribution in [0.25, 0.3) is 0 Å². The normalized spacial score (nSPS) is 14.9. The smallest absolute Gasteiger partial charge is 0.339 e. The van der Waals surface area contributed by atoms with Gasteiger partial charge in [0.25, 0.3) is 5.91 Å². The van der Waals surface area contributed by atoms with Crippen LogP contribution >= 0.6 is 30.7 Å². The molecule has 51 heavy (non-hydrogen) atoms. The number of ether oxygens (including phenoxy) is 1. The predicted molar refractivity (Wildman–Crippen MR) is 191 cm³/mol. The van der Waals surface area contributed by atoms with Gasteiger partial charge in [-0.1, -0.05) is 19.8 Å². The van der Waals surface area contributed by atoms with Crippen LogP contribution in [0.2, 0.25) is 5.28 Å². The maximum absolute atomic E-state index is 14.5. The maximum Gasteiger partial charge on any atom is 0.339 e. The van der Waals surface area contributed by atoms with Crippen LogP contribution in [0.5, 0.6) is 5.75 Å². The summed E-state index contributed by atoms with van der Waals surface area (Å²) in [6.07, 6.45) is 5.62. The van der Waals surface area contributed by atoms with Gasteiger partial charge in [0.05, 0.1) is 25.1 Å². The molecule has 0 atom stereocenters. The van der Waals surface area contributed by atoms with Gasteiger partial charge in [0, 0.05) is 42.6 Å². The fourth-order valence-electron chi connectivity index (χ4n) is 4.53. The summed E-state index contributed by atoms with van der Waals surface area (Å²) in [5.41, 5.74) is 0.575. The van der Waals surface area contributed by atoms with Crippen molar-refractivity contribution < 1.29 is 38.2 Å². The molecule has 2 aromatic heterocycles. The summed E-state index contributed by atoms with van der Waals surface area (Å²) in [6, 6.07) is 2.76. The van der Waals surface area contributed by atoms with Crippen molar-refractivity contribution in [3.05, 3.63) is 33.9 Å². The van der Waals surface area contributed by atoms with Crippen LogP contribution < -0.4 is 30.4 Å². The summed E-state index contributed by atoms with van der Waals surface area (Å²) in [5.74, 6) is 2.75. The van der Waals surface area contributed by atoms with Crippen LogP contribution in [0.4, 0.5) is 27.7 Å². The van der Waals surface area contributed by atoms with Crippen molar-refractivity contribution in [2.75, 3.05) is 48.1 Å². The van der Waals surface area contributed by atoms with Crippen LogP contribution in [0.1, 0.15) is 47.4 Å². The monoisotopic (exact) mass is 770 g/mol. The van der Waals surface area contributed by atoms with Crippen molar-refractivity contribution in [3.63, 3.8) is 0 Å². The lowest BCUT2D eigenvalue weighted by Gasteiger charge is -2.28. The molecule has 5 rings (SSSR count). The number of nitrogens with one attached hydrogen (secondary N) is 3. The number of benzene rings is 1. The van der Waals surface area contributed by atoms with Gasteiger partial charge in [-0.3, -0.25) is 24.4 Å². The Kier molecular flexibility index (Phi) is 14.0. The second-order valence-electron chi connectivity index (χ2n) is 13.0. The molecule has 3 aromatic rings. The van der Waals surface area contributed by atoms with Crippen LogP contribution in [0.3, 0.4) is 0 Å². The zero-order chi connectivity index (χ0) is 38.1. The number of rotatable bonds is 9. The van der Waals surface area contributed by atoms with Gasteiger partial charge in [-0.2, -0.15) is 19.3 Å². The molecule has 0 saturated carbocycles. The number of halogens is 2. The fraction of sp³-hybridized carbons (Fsp3) is 0.500. The first-order chi connectivity index (χ1) is 23.7. The third-order valence-electron chi connectivity index (χ3n) is 6.46. The van der Waals surface area contributed by atoms with E-state index in [-0.39, 0.29) is 41.0 Å². The molecule has 0 unspecified atom stereocenters. The molecule has 1 aromatic carbocycles. The van der Waals surface area contributed by atoms with Crippen molar-refractivity contribution in [2.45, 2.75) is 60.0 Å². The number of fused-ring (bicyclic) bond motifs is 2. The maximum atomic E-state index is 14.5. The predicted octanol–water partition coefficient (Wildman–Crippen LogP) is 3.22. The molecule has 0 bridgehead atoms. The lowest BCUT2D eigenvalue weighted by molar-refractivity contribution is -0.135. The molecule has 21 heteroatoms. The van der Waals surface area contributed by atoms with Gasteiger partial charge >= 0.3 is 13.6 Å². The number of amides is 1. The van der Waals surface area contributed by atoms with Crippen LogP contribution in [-0.2, 0) is 27.1 Å². The molecule has 4 heterocycles. The van der Waals surface area contributed by atoms with Gasteiger partial charge in [-0.25, -0.2) is 9.38 Å². The highest BCUT2D eigenvalue weighted by Gasteiger charge is 2.31. The van der Waals surface area contributed by atoms with Crippen LogP contribution in [0, 0.1) is 23.6 Å². The van der Waals surface area contributed by atoms with Crippen molar-refractivity contribution in [1.29, 1.82) is 0 Å². The molecule has 278 valence electrons. The number of terminal acetylenes is 1. The van der Waals surface area contributed by atoms with Crippen molar-refractivity contribution in [2.24, 2.45) is 10.4 Å². The standard InChI is InChI=1S/C18H17FN4O2S.C9H16ClN5.C3H8NO5P/c1-4-5-22-13-7-12(11(19)6-14(13)25-9-16(22)24)20-17-23-10-18(2,3)8-15(23)21-26-17;1-5-11-7-12-6(10)13-8(14-7)15-9(2,3)4;5-3(6)1-4-2-10(7,8)9/h1,6-7H,5,8-10H2,2-3H3;5H2,1-4H3,(H2,11,12,13,14,15);4H,1-2H2,(H,5,6)(H2,7,8,9). The van der Waals surface area contributed by atoms with Gasteiger partial charge in [-0.05, 0) is 50.8 Å². The van der Waals surface area contributed by atoms with Crippen LogP contribution in [-0.4, -0.2) is 88.7 Å². The lowest BCUT2D eigenvalue weighted by Crippen LogP contribution is -2.39. The minimum Gasteiger partial charge on any atom is -0.481 e. The number of carbonyl (C=O) groups excluding carboxylic acids is 1. The SMILES string of the molecule is C#CCN1C(=O)COc2cc(F)c(N=c3snc4n3CC(C)(C)C4)cc21.CCNc1nc(Cl)nc(NC(C)(C)C)n1.O=C(O)CNCP(=O)(O)O. The number of nitrogens with zero attached hydrogens (tertiary/aromatic N) is 7. The molecule has 17 nitrogen and oxygen atoms in total. The molecule has 0 fully saturated rings. The topological polar surface area (TPSA) is 229 Å². The number of carboxylic acids is 1. The molecule has 1 amide bonds. The van der Waals surface area contributed by atoms with Gasteiger partial charge in [0.15, 0.2) is 12.4 Å². The third kappa shape index (κ3) is 13.1. The number of hydrogen-bond acceptors (Lipinski definition) is 13. The minimum atomic E-state index is -4.10. The van der Waals surface area contributed by atoms with Crippen LogP contribution in [0.15, 0.2) is 17.1 Å². The molecule has 2 aliphatic rings. The fourth-order valence-corrected chi connectivity index (χ4v) is 5.85. The number of aromatic nitrogens is 5. The molecule has 6 N–H and O–H groups in total. The van der Waals surface area contributed by atoms with E-state index in [1.807, 2.05) is 32.3 Å². The summed E-state index contributed by atoms with van der Waals surface area (Å²) in [7, 11) is -4.10. The van der Waals surface area contributed by atoms with Crippen molar-refractivity contribution >= 4 is 65.9 Å². The van der Waals surface area contributed by atoms with E-state index in [1.54, 1.807) is 0 Å². The summed E-state index contributed by atoms with van der Waals surface area (Å²) in [4.78, 5) is 56.8. The average Bonchev–Trinajstić information content (AvgIpc) is 3.49. The Morgan fingerprint density at radius 1 is 1.25 bits per heavy atom. The van der Waals surface area contributed by atoms with E-state index in [1.165, 1.54) is 28.6 Å². The lowest BCUT2D eigenvalue weighted by atomic mass is 9.92. The van der Waals surface area contributed by atoms with E-state index in [0.29, 0.717) is 28.1 Å². The third-order valence-corrected chi connectivity index (χ3v) is 8.04. The highest BCUT2D eigenvalue weighted by atomic mass is 35.5. The zero-order valence-electron chi connectivity index (χ0n) is 28.9. The zero-order valence-corrected chi connectivity index (χ0v) is 31.4. The van der Waals surface area contributed by atoms with E-state index < -0.39 is 32.2 Å². The first-order valence-electron chi connectivity index (χ1n) is 15.4. The Balaban J connectivity index is 0.000000238. The van der Waals surface area contributed by atoms with Crippen molar-refractivity contribution in [1.82, 2.24) is 29.2 Å². The van der Waals surface area contributed by atoms with E-state index in [0.717, 1.165) is 25.3 Å². The highest BCUT2D eigenvalue weighted by molar-refractivity contribution is 7.51.